The van der Waals surface area contributed by atoms with Gasteiger partial charge in [-0.05, 0) is 57.2 Å². The molecule has 0 radical (unpaired) electrons. The Bertz CT molecular complexity index is 1240. The molecule has 0 bridgehead atoms. The number of imidazole rings is 1. The molecule has 4 aromatic rings. The molecule has 1 N–H and O–H groups in total. The molecular formula is C26H30N6O. The van der Waals surface area contributed by atoms with E-state index in [9.17, 15) is 0 Å². The van der Waals surface area contributed by atoms with Gasteiger partial charge in [0, 0.05) is 36.7 Å². The van der Waals surface area contributed by atoms with Crippen LogP contribution < -0.4 is 5.32 Å². The van der Waals surface area contributed by atoms with E-state index in [2.05, 4.69) is 63.9 Å². The number of fused-ring (bicyclic) bond motifs is 1. The lowest BCUT2D eigenvalue weighted by Gasteiger charge is -2.33. The molecule has 0 spiro atoms. The van der Waals surface area contributed by atoms with Crippen LogP contribution in [0.1, 0.15) is 43.2 Å². The van der Waals surface area contributed by atoms with E-state index in [-0.39, 0.29) is 6.10 Å². The first kappa shape index (κ1) is 21.6. The topological polar surface area (TPSA) is 68.1 Å². The first-order valence-electron chi connectivity index (χ1n) is 11.5. The van der Waals surface area contributed by atoms with Crippen molar-refractivity contribution in [3.8, 4) is 0 Å². The smallest absolute Gasteiger partial charge is 0.130 e. The van der Waals surface area contributed by atoms with E-state index in [0.29, 0.717) is 12.6 Å². The molecule has 7 heteroatoms. The fourth-order valence-corrected chi connectivity index (χ4v) is 4.52. The molecule has 1 saturated heterocycles. The number of aryl methyl sites for hydroxylation is 1. The van der Waals surface area contributed by atoms with Crippen molar-refractivity contribution in [2.24, 2.45) is 0 Å². The van der Waals surface area contributed by atoms with E-state index >= 15 is 0 Å². The van der Waals surface area contributed by atoms with Crippen LogP contribution in [0.2, 0.25) is 0 Å². The molecule has 0 aliphatic carbocycles. The Morgan fingerprint density at radius 3 is 2.76 bits per heavy atom. The second-order valence-corrected chi connectivity index (χ2v) is 8.84. The highest BCUT2D eigenvalue weighted by Crippen LogP contribution is 2.27. The first-order chi connectivity index (χ1) is 16.1. The average molecular weight is 443 g/mol. The van der Waals surface area contributed by atoms with Gasteiger partial charge in [-0.15, -0.1) is 0 Å². The Balaban J connectivity index is 1.36. The normalized spacial score (nSPS) is 17.0. The number of pyridine rings is 2. The van der Waals surface area contributed by atoms with Crippen LogP contribution in [0.15, 0.2) is 60.8 Å². The molecule has 3 aromatic heterocycles. The highest BCUT2D eigenvalue weighted by atomic mass is 16.5. The highest BCUT2D eigenvalue weighted by Gasteiger charge is 2.25. The summed E-state index contributed by atoms with van der Waals surface area (Å²) in [5.74, 6) is 1.91. The minimum Gasteiger partial charge on any atom is -0.369 e. The SMILES string of the molecule is Cc1cc(Nc2ccccn2)cc([C@@H]2CN(Cc3nc4ccccc4n3C(C)C)CCO2)n1. The first-order valence-corrected chi connectivity index (χ1v) is 11.5. The number of hydrogen-bond donors (Lipinski definition) is 1. The van der Waals surface area contributed by atoms with Gasteiger partial charge >= 0.3 is 0 Å². The third-order valence-electron chi connectivity index (χ3n) is 5.94. The van der Waals surface area contributed by atoms with Crippen molar-refractivity contribution in [1.82, 2.24) is 24.4 Å². The van der Waals surface area contributed by atoms with Crippen LogP contribution in [-0.4, -0.2) is 44.1 Å². The number of anilines is 2. The van der Waals surface area contributed by atoms with Gasteiger partial charge in [0.05, 0.1) is 29.9 Å². The molecule has 33 heavy (non-hydrogen) atoms. The Morgan fingerprint density at radius 1 is 1.09 bits per heavy atom. The predicted molar refractivity (Wildman–Crippen MR) is 131 cm³/mol. The van der Waals surface area contributed by atoms with Crippen LogP contribution >= 0.6 is 0 Å². The maximum atomic E-state index is 6.15. The van der Waals surface area contributed by atoms with Crippen molar-refractivity contribution >= 4 is 22.5 Å². The number of hydrogen-bond acceptors (Lipinski definition) is 6. The second-order valence-electron chi connectivity index (χ2n) is 8.84. The number of nitrogens with zero attached hydrogens (tertiary/aromatic N) is 5. The van der Waals surface area contributed by atoms with Crippen LogP contribution in [-0.2, 0) is 11.3 Å². The summed E-state index contributed by atoms with van der Waals surface area (Å²) in [4.78, 5) is 16.5. The number of morpholine rings is 1. The van der Waals surface area contributed by atoms with Crippen LogP contribution in [0.3, 0.4) is 0 Å². The maximum absolute atomic E-state index is 6.15. The number of aromatic nitrogens is 4. The molecule has 0 unspecified atom stereocenters. The zero-order valence-electron chi connectivity index (χ0n) is 19.4. The molecule has 1 aromatic carbocycles. The van der Waals surface area contributed by atoms with E-state index in [1.54, 1.807) is 6.20 Å². The van der Waals surface area contributed by atoms with Crippen LogP contribution in [0.5, 0.6) is 0 Å². The molecule has 1 fully saturated rings. The van der Waals surface area contributed by atoms with Crippen molar-refractivity contribution in [2.75, 3.05) is 25.0 Å². The molecule has 1 aliphatic heterocycles. The molecule has 4 heterocycles. The minimum atomic E-state index is -0.0835. The molecule has 1 aliphatic rings. The van der Waals surface area contributed by atoms with E-state index in [1.807, 2.05) is 31.2 Å². The van der Waals surface area contributed by atoms with Gasteiger partial charge < -0.3 is 14.6 Å². The van der Waals surface area contributed by atoms with Gasteiger partial charge in [-0.1, -0.05) is 18.2 Å². The van der Waals surface area contributed by atoms with Gasteiger partial charge in [-0.25, -0.2) is 9.97 Å². The van der Waals surface area contributed by atoms with Gasteiger partial charge in [0.1, 0.15) is 17.7 Å². The van der Waals surface area contributed by atoms with Crippen molar-refractivity contribution in [3.63, 3.8) is 0 Å². The monoisotopic (exact) mass is 442 g/mol. The number of para-hydroxylation sites is 2. The summed E-state index contributed by atoms with van der Waals surface area (Å²) in [6, 6.07) is 18.7. The van der Waals surface area contributed by atoms with Crippen molar-refractivity contribution < 1.29 is 4.74 Å². The third-order valence-corrected chi connectivity index (χ3v) is 5.94. The Kier molecular flexibility index (Phi) is 6.07. The number of nitrogens with one attached hydrogen (secondary N) is 1. The van der Waals surface area contributed by atoms with E-state index in [0.717, 1.165) is 53.9 Å². The van der Waals surface area contributed by atoms with E-state index in [1.165, 1.54) is 5.52 Å². The summed E-state index contributed by atoms with van der Waals surface area (Å²) in [6.07, 6.45) is 1.70. The molecule has 7 nitrogen and oxygen atoms in total. The zero-order valence-corrected chi connectivity index (χ0v) is 19.4. The minimum absolute atomic E-state index is 0.0835. The molecule has 5 rings (SSSR count). The summed E-state index contributed by atoms with van der Waals surface area (Å²) in [5, 5.41) is 3.38. The summed E-state index contributed by atoms with van der Waals surface area (Å²) < 4.78 is 8.50. The van der Waals surface area contributed by atoms with E-state index < -0.39 is 0 Å². The number of rotatable bonds is 6. The lowest BCUT2D eigenvalue weighted by atomic mass is 10.1. The molecule has 0 saturated carbocycles. The standard InChI is InChI=1S/C26H30N6O/c1-18(2)32-23-9-5-4-8-21(23)30-26(32)17-31-12-13-33-24(16-31)22-15-20(14-19(3)28-22)29-25-10-6-7-11-27-25/h4-11,14-15,18,24H,12-13,16-17H2,1-3H3,(H,27,28,29)/t24-/m0/s1. The number of benzene rings is 1. The quantitative estimate of drug-likeness (QED) is 0.452. The number of ether oxygens (including phenoxy) is 1. The summed E-state index contributed by atoms with van der Waals surface area (Å²) in [5.41, 5.74) is 5.11. The van der Waals surface area contributed by atoms with Crippen molar-refractivity contribution in [3.05, 3.63) is 78.0 Å². The van der Waals surface area contributed by atoms with E-state index in [4.69, 9.17) is 14.7 Å². The van der Waals surface area contributed by atoms with Gasteiger partial charge in [-0.2, -0.15) is 0 Å². The van der Waals surface area contributed by atoms with Crippen molar-refractivity contribution in [1.29, 1.82) is 0 Å². The molecular weight excluding hydrogens is 412 g/mol. The average Bonchev–Trinajstić information content (AvgIpc) is 3.17. The van der Waals surface area contributed by atoms with Gasteiger partial charge in [0.15, 0.2) is 0 Å². The second kappa shape index (κ2) is 9.29. The maximum Gasteiger partial charge on any atom is 0.130 e. The predicted octanol–water partition coefficient (Wildman–Crippen LogP) is 5.03. The van der Waals surface area contributed by atoms with Crippen LogP contribution in [0.25, 0.3) is 11.0 Å². The van der Waals surface area contributed by atoms with Crippen LogP contribution in [0.4, 0.5) is 11.5 Å². The lowest BCUT2D eigenvalue weighted by Crippen LogP contribution is -2.38. The Labute approximate surface area is 194 Å². The van der Waals surface area contributed by atoms with Gasteiger partial charge in [-0.3, -0.25) is 9.88 Å². The summed E-state index contributed by atoms with van der Waals surface area (Å²) in [6.45, 7) is 9.56. The van der Waals surface area contributed by atoms with Gasteiger partial charge in [0.2, 0.25) is 0 Å². The zero-order chi connectivity index (χ0) is 22.8. The molecule has 1 atom stereocenters. The lowest BCUT2D eigenvalue weighted by molar-refractivity contribution is -0.0360. The fraction of sp³-hybridized carbons (Fsp3) is 0.346. The Hall–Kier alpha value is -3.29. The third kappa shape index (κ3) is 4.74. The van der Waals surface area contributed by atoms with Crippen molar-refractivity contribution in [2.45, 2.75) is 39.5 Å². The largest absolute Gasteiger partial charge is 0.369 e. The molecule has 0 amide bonds. The summed E-state index contributed by atoms with van der Waals surface area (Å²) >= 11 is 0. The summed E-state index contributed by atoms with van der Waals surface area (Å²) in [7, 11) is 0. The highest BCUT2D eigenvalue weighted by molar-refractivity contribution is 5.76. The van der Waals surface area contributed by atoms with Crippen LogP contribution in [0, 0.1) is 6.92 Å². The van der Waals surface area contributed by atoms with Gasteiger partial charge in [0.25, 0.3) is 0 Å². The fourth-order valence-electron chi connectivity index (χ4n) is 4.52. The Morgan fingerprint density at radius 2 is 1.94 bits per heavy atom. The molecule has 170 valence electrons.